The average molecular weight is 284 g/mol. The molecule has 2 saturated heterocycles. The zero-order chi connectivity index (χ0) is 14.6. The largest absolute Gasteiger partial charge is 0.396 e. The second kappa shape index (κ2) is 7.21. The third-order valence-corrected chi connectivity index (χ3v) is 4.48. The molecule has 2 aliphatic heterocycles. The Labute approximate surface area is 124 Å². The summed E-state index contributed by atoms with van der Waals surface area (Å²) in [5.74, 6) is 0. The highest BCUT2D eigenvalue weighted by atomic mass is 16.5. The molecule has 0 amide bonds. The minimum atomic E-state index is 0.299. The highest BCUT2D eigenvalue weighted by Gasteiger charge is 2.32. The van der Waals surface area contributed by atoms with Crippen LogP contribution in [-0.4, -0.2) is 73.0 Å². The lowest BCUT2D eigenvalue weighted by molar-refractivity contribution is -0.0172. The lowest BCUT2D eigenvalue weighted by Crippen LogP contribution is -2.58. The van der Waals surface area contributed by atoms with Gasteiger partial charge in [-0.05, 0) is 24.7 Å². The fraction of sp³-hybridized carbons (Fsp3) is 1.00. The zero-order valence-electron chi connectivity index (χ0n) is 13.5. The minimum Gasteiger partial charge on any atom is -0.396 e. The van der Waals surface area contributed by atoms with Crippen molar-refractivity contribution in [3.8, 4) is 0 Å². The van der Waals surface area contributed by atoms with Gasteiger partial charge in [-0.2, -0.15) is 0 Å². The quantitative estimate of drug-likeness (QED) is 0.850. The van der Waals surface area contributed by atoms with Crippen LogP contribution < -0.4 is 0 Å². The van der Waals surface area contributed by atoms with E-state index in [2.05, 4.69) is 30.6 Å². The first kappa shape index (κ1) is 16.2. The summed E-state index contributed by atoms with van der Waals surface area (Å²) in [6.07, 6.45) is 3.24. The molecular formula is C16H32N2O2. The van der Waals surface area contributed by atoms with E-state index >= 15 is 0 Å². The Morgan fingerprint density at radius 1 is 1.15 bits per heavy atom. The van der Waals surface area contributed by atoms with Crippen LogP contribution in [0.1, 0.15) is 40.0 Å². The van der Waals surface area contributed by atoms with Gasteiger partial charge in [0.25, 0.3) is 0 Å². The first-order chi connectivity index (χ1) is 9.49. The van der Waals surface area contributed by atoms with Crippen LogP contribution in [0.15, 0.2) is 0 Å². The zero-order valence-corrected chi connectivity index (χ0v) is 13.5. The molecule has 0 aromatic rings. The number of piperazine rings is 1. The molecule has 0 aliphatic carbocycles. The lowest BCUT2D eigenvalue weighted by atomic mass is 9.93. The third-order valence-electron chi connectivity index (χ3n) is 4.48. The van der Waals surface area contributed by atoms with Gasteiger partial charge in [-0.1, -0.05) is 20.8 Å². The summed E-state index contributed by atoms with van der Waals surface area (Å²) in [7, 11) is 0. The summed E-state index contributed by atoms with van der Waals surface area (Å²) in [5, 5.41) is 9.37. The molecule has 4 nitrogen and oxygen atoms in total. The molecule has 0 spiro atoms. The van der Waals surface area contributed by atoms with Crippen LogP contribution in [0.25, 0.3) is 0 Å². The summed E-state index contributed by atoms with van der Waals surface area (Å²) in [5.41, 5.74) is 0.328. The van der Waals surface area contributed by atoms with Gasteiger partial charge in [0.05, 0.1) is 0 Å². The van der Waals surface area contributed by atoms with E-state index < -0.39 is 0 Å². The molecule has 0 radical (unpaired) electrons. The van der Waals surface area contributed by atoms with Gasteiger partial charge in [-0.3, -0.25) is 9.80 Å². The number of hydrogen-bond acceptors (Lipinski definition) is 4. The third kappa shape index (κ3) is 4.69. The van der Waals surface area contributed by atoms with Crippen LogP contribution in [-0.2, 0) is 4.74 Å². The molecule has 2 aliphatic rings. The monoisotopic (exact) mass is 284 g/mol. The van der Waals surface area contributed by atoms with E-state index in [0.717, 1.165) is 39.3 Å². The van der Waals surface area contributed by atoms with Crippen molar-refractivity contribution in [2.24, 2.45) is 5.41 Å². The van der Waals surface area contributed by atoms with Gasteiger partial charge >= 0.3 is 0 Å². The summed E-state index contributed by atoms with van der Waals surface area (Å²) in [6.45, 7) is 13.6. The van der Waals surface area contributed by atoms with E-state index in [9.17, 15) is 5.11 Å². The van der Waals surface area contributed by atoms with E-state index in [1.165, 1.54) is 19.4 Å². The number of nitrogens with zero attached hydrogens (tertiary/aromatic N) is 2. The highest BCUT2D eigenvalue weighted by Crippen LogP contribution is 2.24. The van der Waals surface area contributed by atoms with Gasteiger partial charge in [0.2, 0.25) is 0 Å². The molecule has 118 valence electrons. The molecule has 0 aromatic heterocycles. The maximum atomic E-state index is 9.37. The van der Waals surface area contributed by atoms with E-state index in [1.54, 1.807) is 0 Å². The summed E-state index contributed by atoms with van der Waals surface area (Å²) in [6, 6.07) is 1.21. The van der Waals surface area contributed by atoms with Crippen molar-refractivity contribution in [2.75, 3.05) is 46.0 Å². The molecule has 2 fully saturated rings. The van der Waals surface area contributed by atoms with Crippen LogP contribution in [0, 0.1) is 5.41 Å². The van der Waals surface area contributed by atoms with Crippen molar-refractivity contribution in [1.82, 2.24) is 9.80 Å². The van der Waals surface area contributed by atoms with Gasteiger partial charge in [0, 0.05) is 58.1 Å². The first-order valence-electron chi connectivity index (χ1n) is 8.16. The van der Waals surface area contributed by atoms with E-state index in [0.29, 0.717) is 24.1 Å². The van der Waals surface area contributed by atoms with Crippen molar-refractivity contribution < 1.29 is 9.84 Å². The second-order valence-corrected chi connectivity index (χ2v) is 7.54. The van der Waals surface area contributed by atoms with E-state index in [1.807, 2.05) is 0 Å². The summed E-state index contributed by atoms with van der Waals surface area (Å²) < 4.78 is 5.47. The van der Waals surface area contributed by atoms with Crippen LogP contribution >= 0.6 is 0 Å². The smallest absolute Gasteiger partial charge is 0.0480 e. The Bertz CT molecular complexity index is 285. The molecule has 2 rings (SSSR count). The predicted molar refractivity (Wildman–Crippen MR) is 81.9 cm³/mol. The molecule has 1 N–H and O–H groups in total. The Morgan fingerprint density at radius 3 is 2.45 bits per heavy atom. The van der Waals surface area contributed by atoms with Gasteiger partial charge in [-0.15, -0.1) is 0 Å². The fourth-order valence-corrected chi connectivity index (χ4v) is 3.54. The maximum Gasteiger partial charge on any atom is 0.0480 e. The maximum absolute atomic E-state index is 9.37. The van der Waals surface area contributed by atoms with Crippen molar-refractivity contribution in [1.29, 1.82) is 0 Å². The van der Waals surface area contributed by atoms with Crippen molar-refractivity contribution in [3.63, 3.8) is 0 Å². The molecule has 0 bridgehead atoms. The topological polar surface area (TPSA) is 35.9 Å². The number of aliphatic hydroxyl groups is 1. The molecular weight excluding hydrogens is 252 g/mol. The second-order valence-electron chi connectivity index (χ2n) is 7.54. The Morgan fingerprint density at radius 2 is 1.85 bits per heavy atom. The number of hydrogen-bond donors (Lipinski definition) is 1. The normalized spacial score (nSPS) is 27.9. The van der Waals surface area contributed by atoms with Gasteiger partial charge in [0.15, 0.2) is 0 Å². The highest BCUT2D eigenvalue weighted by molar-refractivity contribution is 4.88. The Kier molecular flexibility index (Phi) is 5.84. The molecule has 2 heterocycles. The molecule has 0 aromatic carbocycles. The van der Waals surface area contributed by atoms with Crippen molar-refractivity contribution >= 4 is 0 Å². The van der Waals surface area contributed by atoms with Gasteiger partial charge < -0.3 is 9.84 Å². The van der Waals surface area contributed by atoms with Gasteiger partial charge in [0.1, 0.15) is 0 Å². The van der Waals surface area contributed by atoms with Crippen molar-refractivity contribution in [2.45, 2.75) is 52.1 Å². The predicted octanol–water partition coefficient (Wildman–Crippen LogP) is 1.58. The summed E-state index contributed by atoms with van der Waals surface area (Å²) >= 11 is 0. The van der Waals surface area contributed by atoms with Gasteiger partial charge in [-0.25, -0.2) is 0 Å². The molecule has 4 heteroatoms. The number of aliphatic hydroxyl groups excluding tert-OH is 1. The lowest BCUT2D eigenvalue weighted by Gasteiger charge is -2.47. The van der Waals surface area contributed by atoms with Crippen molar-refractivity contribution in [3.05, 3.63) is 0 Å². The Balaban J connectivity index is 1.92. The van der Waals surface area contributed by atoms with Crippen LogP contribution in [0.5, 0.6) is 0 Å². The first-order valence-corrected chi connectivity index (χ1v) is 8.16. The Hall–Kier alpha value is -0.160. The standard InChI is InChI=1S/C16H32N2O2/c1-16(2,3)13-18-8-7-17(12-15(18)4-9-19)14-5-10-20-11-6-14/h14-15,19H,4-13H2,1-3H3. The fourth-order valence-electron chi connectivity index (χ4n) is 3.54. The minimum absolute atomic E-state index is 0.299. The van der Waals surface area contributed by atoms with Crippen LogP contribution in [0.2, 0.25) is 0 Å². The van der Waals surface area contributed by atoms with E-state index in [-0.39, 0.29) is 0 Å². The average Bonchev–Trinajstić information content (AvgIpc) is 2.40. The van der Waals surface area contributed by atoms with E-state index in [4.69, 9.17) is 4.74 Å². The SMILES string of the molecule is CC(C)(C)CN1CCN(C2CCOCC2)CC1CCO. The van der Waals surface area contributed by atoms with Crippen LogP contribution in [0.4, 0.5) is 0 Å². The molecule has 1 atom stereocenters. The molecule has 0 saturated carbocycles. The number of ether oxygens (including phenoxy) is 1. The molecule has 20 heavy (non-hydrogen) atoms. The van der Waals surface area contributed by atoms with Crippen LogP contribution in [0.3, 0.4) is 0 Å². The molecule has 1 unspecified atom stereocenters. The number of rotatable bonds is 4. The summed E-state index contributed by atoms with van der Waals surface area (Å²) in [4.78, 5) is 5.23.